The lowest BCUT2D eigenvalue weighted by molar-refractivity contribution is -0.669. The molecule has 1 aromatic heterocycles. The molecule has 20 heavy (non-hydrogen) atoms. The van der Waals surface area contributed by atoms with Crippen molar-refractivity contribution in [3.63, 3.8) is 0 Å². The molecule has 0 unspecified atom stereocenters. The molecule has 3 nitrogen and oxygen atoms in total. The third-order valence-electron chi connectivity index (χ3n) is 4.48. The third kappa shape index (κ3) is 1.74. The maximum Gasteiger partial charge on any atom is 0.251 e. The van der Waals surface area contributed by atoms with Gasteiger partial charge in [-0.05, 0) is 19.8 Å². The van der Waals surface area contributed by atoms with Crippen LogP contribution < -0.4 is 14.0 Å². The molecule has 1 aliphatic heterocycles. The maximum absolute atomic E-state index is 6.22. The van der Waals surface area contributed by atoms with Crippen molar-refractivity contribution >= 4 is 21.6 Å². The smallest absolute Gasteiger partial charge is 0.251 e. The van der Waals surface area contributed by atoms with E-state index in [-0.39, 0.29) is 5.79 Å². The van der Waals surface area contributed by atoms with Gasteiger partial charge in [-0.2, -0.15) is 4.57 Å². The Morgan fingerprint density at radius 1 is 1.15 bits per heavy atom. The van der Waals surface area contributed by atoms with Gasteiger partial charge in [-0.3, -0.25) is 0 Å². The van der Waals surface area contributed by atoms with Crippen molar-refractivity contribution in [1.29, 1.82) is 0 Å². The van der Waals surface area contributed by atoms with Gasteiger partial charge in [0.2, 0.25) is 10.5 Å². The minimum absolute atomic E-state index is 0.365. The summed E-state index contributed by atoms with van der Waals surface area (Å²) in [6.07, 6.45) is 5.74. The number of ether oxygens (including phenoxy) is 2. The molecule has 0 saturated heterocycles. The topological polar surface area (TPSA) is 22.3 Å². The van der Waals surface area contributed by atoms with E-state index >= 15 is 0 Å². The van der Waals surface area contributed by atoms with E-state index in [1.165, 1.54) is 34.5 Å². The Kier molecular flexibility index (Phi) is 2.71. The van der Waals surface area contributed by atoms with E-state index in [4.69, 9.17) is 9.47 Å². The van der Waals surface area contributed by atoms with Crippen LogP contribution in [-0.2, 0) is 6.54 Å². The van der Waals surface area contributed by atoms with Crippen molar-refractivity contribution in [1.82, 2.24) is 0 Å². The Hall–Kier alpha value is -1.29. The van der Waals surface area contributed by atoms with Gasteiger partial charge in [0.1, 0.15) is 11.2 Å². The molecule has 106 valence electrons. The molecular formula is C16H20NO2S+. The van der Waals surface area contributed by atoms with E-state index < -0.39 is 0 Å². The summed E-state index contributed by atoms with van der Waals surface area (Å²) in [5, 5.41) is 1.33. The minimum atomic E-state index is -0.365. The van der Waals surface area contributed by atoms with Gasteiger partial charge in [0.25, 0.3) is 5.79 Å². The molecule has 0 bridgehead atoms. The molecule has 2 aromatic rings. The summed E-state index contributed by atoms with van der Waals surface area (Å²) >= 11 is 1.83. The van der Waals surface area contributed by atoms with Crippen LogP contribution in [0, 0.1) is 6.92 Å². The first kappa shape index (κ1) is 12.5. The van der Waals surface area contributed by atoms with Crippen molar-refractivity contribution in [2.75, 3.05) is 0 Å². The van der Waals surface area contributed by atoms with Gasteiger partial charge in [0.15, 0.2) is 11.5 Å². The number of fused-ring (bicyclic) bond motifs is 2. The fraction of sp³-hybridized carbons (Fsp3) is 0.562. The summed E-state index contributed by atoms with van der Waals surface area (Å²) in [6, 6.07) is 4.33. The molecule has 4 heteroatoms. The van der Waals surface area contributed by atoms with Crippen LogP contribution in [0.3, 0.4) is 0 Å². The first-order valence-corrected chi connectivity index (χ1v) is 8.37. The second-order valence-electron chi connectivity index (χ2n) is 5.81. The SMILES string of the molecule is CC[n+]1c(C)sc2cc3c(cc21)OC1(CCCCC1)O3. The van der Waals surface area contributed by atoms with E-state index in [2.05, 4.69) is 30.5 Å². The van der Waals surface area contributed by atoms with Crippen molar-refractivity contribution < 1.29 is 14.0 Å². The molecule has 0 N–H and O–H groups in total. The quantitative estimate of drug-likeness (QED) is 0.742. The molecule has 0 atom stereocenters. The molecular weight excluding hydrogens is 270 g/mol. The normalized spacial score (nSPS) is 19.9. The number of thiazole rings is 1. The monoisotopic (exact) mass is 290 g/mol. The Balaban J connectivity index is 1.79. The number of nitrogens with zero attached hydrogens (tertiary/aromatic N) is 1. The zero-order chi connectivity index (χ0) is 13.7. The van der Waals surface area contributed by atoms with Crippen LogP contribution in [0.15, 0.2) is 12.1 Å². The van der Waals surface area contributed by atoms with Gasteiger partial charge in [0, 0.05) is 25.8 Å². The number of hydrogen-bond donors (Lipinski definition) is 0. The van der Waals surface area contributed by atoms with Crippen molar-refractivity contribution in [3.8, 4) is 11.5 Å². The van der Waals surface area contributed by atoms with E-state index in [0.29, 0.717) is 0 Å². The average molecular weight is 290 g/mol. The Morgan fingerprint density at radius 2 is 1.85 bits per heavy atom. The molecule has 1 fully saturated rings. The fourth-order valence-electron chi connectivity index (χ4n) is 3.48. The summed E-state index contributed by atoms with van der Waals surface area (Å²) in [5.74, 6) is 1.50. The van der Waals surface area contributed by atoms with E-state index in [1.54, 1.807) is 0 Å². The molecule has 4 rings (SSSR count). The molecule has 1 saturated carbocycles. The number of hydrogen-bond acceptors (Lipinski definition) is 3. The summed E-state index contributed by atoms with van der Waals surface area (Å²) in [7, 11) is 0. The maximum atomic E-state index is 6.22. The second-order valence-corrected chi connectivity index (χ2v) is 7.04. The van der Waals surface area contributed by atoms with Gasteiger partial charge < -0.3 is 9.47 Å². The van der Waals surface area contributed by atoms with Gasteiger partial charge >= 0.3 is 0 Å². The lowest BCUT2D eigenvalue weighted by Gasteiger charge is -2.31. The number of aryl methyl sites for hydroxylation is 2. The summed E-state index contributed by atoms with van der Waals surface area (Å²) in [6.45, 7) is 5.35. The van der Waals surface area contributed by atoms with E-state index in [0.717, 1.165) is 30.9 Å². The van der Waals surface area contributed by atoms with Gasteiger partial charge in [0.05, 0.1) is 6.07 Å². The Labute approximate surface area is 123 Å². The lowest BCUT2D eigenvalue weighted by Crippen LogP contribution is -2.40. The molecule has 1 spiro atoms. The fourth-order valence-corrected chi connectivity index (χ4v) is 4.57. The van der Waals surface area contributed by atoms with Crippen molar-refractivity contribution in [2.24, 2.45) is 0 Å². The Morgan fingerprint density at radius 3 is 2.55 bits per heavy atom. The first-order chi connectivity index (χ1) is 9.71. The number of rotatable bonds is 1. The first-order valence-electron chi connectivity index (χ1n) is 7.56. The molecule has 0 radical (unpaired) electrons. The van der Waals surface area contributed by atoms with Gasteiger partial charge in [-0.25, -0.2) is 0 Å². The highest BCUT2D eigenvalue weighted by molar-refractivity contribution is 7.18. The average Bonchev–Trinajstić information content (AvgIpc) is 2.92. The van der Waals surface area contributed by atoms with Crippen LogP contribution in [-0.4, -0.2) is 5.79 Å². The molecule has 2 aliphatic rings. The predicted octanol–water partition coefficient (Wildman–Crippen LogP) is 3.95. The highest BCUT2D eigenvalue weighted by Gasteiger charge is 2.43. The van der Waals surface area contributed by atoms with Crippen LogP contribution in [0.5, 0.6) is 11.5 Å². The van der Waals surface area contributed by atoms with E-state index in [9.17, 15) is 0 Å². The summed E-state index contributed by atoms with van der Waals surface area (Å²) < 4.78 is 16.1. The summed E-state index contributed by atoms with van der Waals surface area (Å²) in [5.41, 5.74) is 1.27. The highest BCUT2D eigenvalue weighted by atomic mass is 32.1. The van der Waals surface area contributed by atoms with Crippen LogP contribution in [0.4, 0.5) is 0 Å². The van der Waals surface area contributed by atoms with Crippen LogP contribution in [0.1, 0.15) is 44.0 Å². The number of benzene rings is 1. The van der Waals surface area contributed by atoms with Crippen LogP contribution >= 0.6 is 11.3 Å². The largest absolute Gasteiger partial charge is 0.448 e. The molecule has 1 aliphatic carbocycles. The summed E-state index contributed by atoms with van der Waals surface area (Å²) in [4.78, 5) is 0. The number of aromatic nitrogens is 1. The zero-order valence-electron chi connectivity index (χ0n) is 12.1. The van der Waals surface area contributed by atoms with Crippen LogP contribution in [0.25, 0.3) is 10.2 Å². The highest BCUT2D eigenvalue weighted by Crippen LogP contribution is 2.47. The minimum Gasteiger partial charge on any atom is -0.448 e. The van der Waals surface area contributed by atoms with Gasteiger partial charge in [-0.1, -0.05) is 17.8 Å². The van der Waals surface area contributed by atoms with Crippen molar-refractivity contribution in [2.45, 2.75) is 58.3 Å². The predicted molar refractivity (Wildman–Crippen MR) is 79.5 cm³/mol. The van der Waals surface area contributed by atoms with Gasteiger partial charge in [-0.15, -0.1) is 0 Å². The second kappa shape index (κ2) is 4.35. The van der Waals surface area contributed by atoms with E-state index in [1.807, 2.05) is 11.3 Å². The molecule has 2 heterocycles. The lowest BCUT2D eigenvalue weighted by atomic mass is 9.94. The molecule has 0 amide bonds. The van der Waals surface area contributed by atoms with Crippen molar-refractivity contribution in [3.05, 3.63) is 17.1 Å². The third-order valence-corrected chi connectivity index (χ3v) is 5.54. The molecule has 1 aromatic carbocycles. The van der Waals surface area contributed by atoms with Crippen LogP contribution in [0.2, 0.25) is 0 Å². The Bertz CT molecular complexity index is 671. The zero-order valence-corrected chi connectivity index (χ0v) is 12.9. The standard InChI is InChI=1S/C16H20NO2S/c1-3-17-11(2)20-15-10-14-13(9-12(15)17)18-16(19-14)7-5-4-6-8-16/h9-10H,3-8H2,1-2H3/q+1.